The molecule has 4 heterocycles. The zero-order valence-corrected chi connectivity index (χ0v) is 25.6. The molecule has 210 valence electrons. The van der Waals surface area contributed by atoms with E-state index in [9.17, 15) is 0 Å². The predicted molar refractivity (Wildman–Crippen MR) is 193 cm³/mol. The molecule has 0 saturated carbocycles. The highest BCUT2D eigenvalue weighted by Crippen LogP contribution is 2.51. The third-order valence-electron chi connectivity index (χ3n) is 8.92. The van der Waals surface area contributed by atoms with Crippen molar-refractivity contribution in [3.63, 3.8) is 0 Å². The highest BCUT2D eigenvalue weighted by Gasteiger charge is 2.25. The molecule has 0 spiro atoms. The molecule has 45 heavy (non-hydrogen) atoms. The maximum absolute atomic E-state index is 4.75. The summed E-state index contributed by atoms with van der Waals surface area (Å²) in [5.41, 5.74) is 8.36. The van der Waals surface area contributed by atoms with Crippen molar-refractivity contribution in [3.8, 4) is 27.9 Å². The Kier molecular flexibility index (Phi) is 5.32. The van der Waals surface area contributed by atoms with Crippen LogP contribution in [0.25, 0.3) is 90.2 Å². The van der Waals surface area contributed by atoms with Crippen molar-refractivity contribution in [2.45, 2.75) is 0 Å². The van der Waals surface area contributed by atoms with Crippen molar-refractivity contribution in [2.75, 3.05) is 0 Å². The van der Waals surface area contributed by atoms with Gasteiger partial charge in [-0.15, -0.1) is 22.7 Å². The van der Waals surface area contributed by atoms with Crippen LogP contribution in [-0.2, 0) is 0 Å². The summed E-state index contributed by atoms with van der Waals surface area (Å²) in [6, 6.07) is 46.1. The van der Waals surface area contributed by atoms with Gasteiger partial charge in [0.2, 0.25) is 0 Å². The van der Waals surface area contributed by atoms with Gasteiger partial charge in [0.25, 0.3) is 0 Å². The summed E-state index contributed by atoms with van der Waals surface area (Å²) >= 11 is 3.66. The largest absolute Gasteiger partial charge is 0.308 e. The molecular formula is C40H23N3S2. The molecule has 10 rings (SSSR count). The normalized spacial score (nSPS) is 12.0. The van der Waals surface area contributed by atoms with Crippen molar-refractivity contribution in [1.82, 2.24) is 14.5 Å². The SMILES string of the molecule is c1ccc(-c2cc(-c3ccccc3)cc(-n3c4ccccc4c4c5c6ccccc6sc5c5c6cncnc6sc5c43)c2)cc1. The number of hydrogen-bond acceptors (Lipinski definition) is 4. The van der Waals surface area contributed by atoms with Crippen molar-refractivity contribution in [2.24, 2.45) is 0 Å². The number of para-hydroxylation sites is 1. The van der Waals surface area contributed by atoms with Crippen molar-refractivity contribution in [3.05, 3.63) is 140 Å². The molecule has 0 bridgehead atoms. The third kappa shape index (κ3) is 3.62. The Morgan fingerprint density at radius 2 is 1.18 bits per heavy atom. The number of thiophene rings is 2. The van der Waals surface area contributed by atoms with E-state index in [1.54, 1.807) is 17.7 Å². The summed E-state index contributed by atoms with van der Waals surface area (Å²) in [6.45, 7) is 0. The lowest BCUT2D eigenvalue weighted by Gasteiger charge is -2.14. The highest BCUT2D eigenvalue weighted by molar-refractivity contribution is 7.30. The fourth-order valence-corrected chi connectivity index (χ4v) is 9.52. The first-order chi connectivity index (χ1) is 22.3. The Morgan fingerprint density at radius 3 is 1.93 bits per heavy atom. The summed E-state index contributed by atoms with van der Waals surface area (Å²) in [5, 5.41) is 7.56. The molecule has 0 radical (unpaired) electrons. The van der Waals surface area contributed by atoms with E-state index in [1.807, 2.05) is 17.5 Å². The Bertz CT molecular complexity index is 2700. The molecule has 0 atom stereocenters. The molecule has 0 amide bonds. The molecule has 0 aliphatic rings. The van der Waals surface area contributed by atoms with Crippen molar-refractivity contribution in [1.29, 1.82) is 0 Å². The quantitative estimate of drug-likeness (QED) is 0.199. The second-order valence-corrected chi connectivity index (χ2v) is 13.5. The van der Waals surface area contributed by atoms with Crippen LogP contribution < -0.4 is 0 Å². The highest BCUT2D eigenvalue weighted by atomic mass is 32.1. The Hall–Kier alpha value is -5.36. The summed E-state index contributed by atoms with van der Waals surface area (Å²) in [4.78, 5) is 10.3. The minimum atomic E-state index is 1.02. The van der Waals surface area contributed by atoms with Crippen LogP contribution in [0.5, 0.6) is 0 Å². The average Bonchev–Trinajstić information content (AvgIpc) is 3.78. The fraction of sp³-hybridized carbons (Fsp3) is 0. The summed E-state index contributed by atoms with van der Waals surface area (Å²) in [7, 11) is 0. The number of benzene rings is 6. The Labute approximate surface area is 266 Å². The first-order valence-electron chi connectivity index (χ1n) is 15.0. The van der Waals surface area contributed by atoms with E-state index < -0.39 is 0 Å². The molecule has 0 unspecified atom stereocenters. The zero-order chi connectivity index (χ0) is 29.5. The van der Waals surface area contributed by atoms with E-state index in [4.69, 9.17) is 4.98 Å². The van der Waals surface area contributed by atoms with Gasteiger partial charge in [0.1, 0.15) is 11.2 Å². The topological polar surface area (TPSA) is 30.7 Å². The summed E-state index contributed by atoms with van der Waals surface area (Å²) in [5.74, 6) is 0. The van der Waals surface area contributed by atoms with E-state index >= 15 is 0 Å². The van der Waals surface area contributed by atoms with E-state index in [0.717, 1.165) is 15.9 Å². The first-order valence-corrected chi connectivity index (χ1v) is 16.6. The van der Waals surface area contributed by atoms with E-state index in [0.29, 0.717) is 0 Å². The molecule has 0 aliphatic heterocycles. The zero-order valence-electron chi connectivity index (χ0n) is 23.9. The average molecular weight is 610 g/mol. The van der Waals surface area contributed by atoms with Gasteiger partial charge >= 0.3 is 0 Å². The number of hydrogen-bond donors (Lipinski definition) is 0. The monoisotopic (exact) mass is 609 g/mol. The van der Waals surface area contributed by atoms with Gasteiger partial charge in [-0.3, -0.25) is 0 Å². The lowest BCUT2D eigenvalue weighted by Crippen LogP contribution is -1.96. The van der Waals surface area contributed by atoms with Crippen LogP contribution >= 0.6 is 22.7 Å². The van der Waals surface area contributed by atoms with Crippen LogP contribution in [0.2, 0.25) is 0 Å². The van der Waals surface area contributed by atoms with Crippen molar-refractivity contribution >= 4 is 85.0 Å². The Morgan fingerprint density at radius 1 is 0.511 bits per heavy atom. The first kappa shape index (κ1) is 25.0. The lowest BCUT2D eigenvalue weighted by atomic mass is 9.98. The molecular weight excluding hydrogens is 587 g/mol. The molecule has 0 saturated heterocycles. The number of fused-ring (bicyclic) bond motifs is 12. The maximum Gasteiger partial charge on any atom is 0.127 e. The second kappa shape index (κ2) is 9.57. The molecule has 10 aromatic rings. The molecule has 5 heteroatoms. The standard InChI is InChI=1S/C40H23N3S2/c1-3-11-24(12-4-1)26-19-27(25-13-5-2-6-14-25)21-28(20-26)43-32-17-9-7-15-29(32)34-35-30-16-8-10-18-33(30)44-38(35)36-31-22-41-23-42-40(31)45-39(36)37(34)43/h1-23H. The molecule has 4 aromatic heterocycles. The van der Waals surface area contributed by atoms with Gasteiger partial charge in [-0.05, 0) is 52.6 Å². The van der Waals surface area contributed by atoms with Crippen LogP contribution in [0.3, 0.4) is 0 Å². The molecule has 0 fully saturated rings. The van der Waals surface area contributed by atoms with Gasteiger partial charge in [0, 0.05) is 53.6 Å². The maximum atomic E-state index is 4.75. The van der Waals surface area contributed by atoms with Gasteiger partial charge in [0.15, 0.2) is 0 Å². The smallest absolute Gasteiger partial charge is 0.127 e. The van der Waals surface area contributed by atoms with E-state index in [1.165, 1.54) is 74.3 Å². The van der Waals surface area contributed by atoms with Crippen LogP contribution in [-0.4, -0.2) is 14.5 Å². The van der Waals surface area contributed by atoms with E-state index in [-0.39, 0.29) is 0 Å². The summed E-state index contributed by atoms with van der Waals surface area (Å²) in [6.07, 6.45) is 3.66. The third-order valence-corrected chi connectivity index (χ3v) is 11.2. The van der Waals surface area contributed by atoms with Crippen LogP contribution in [0.15, 0.2) is 140 Å². The van der Waals surface area contributed by atoms with Crippen LogP contribution in [0, 0.1) is 0 Å². The van der Waals surface area contributed by atoms with Crippen LogP contribution in [0.1, 0.15) is 0 Å². The number of nitrogens with zero attached hydrogens (tertiary/aromatic N) is 3. The molecule has 6 aromatic carbocycles. The van der Waals surface area contributed by atoms with Gasteiger partial charge in [-0.25, -0.2) is 9.97 Å². The number of aromatic nitrogens is 3. The molecule has 3 nitrogen and oxygen atoms in total. The Balaban J connectivity index is 1.45. The summed E-state index contributed by atoms with van der Waals surface area (Å²) < 4.78 is 6.36. The fourth-order valence-electron chi connectivity index (χ4n) is 7.01. The minimum absolute atomic E-state index is 1.02. The van der Waals surface area contributed by atoms with E-state index in [2.05, 4.69) is 137 Å². The second-order valence-electron chi connectivity index (χ2n) is 11.4. The predicted octanol–water partition coefficient (Wildman–Crippen LogP) is 11.6. The van der Waals surface area contributed by atoms with Gasteiger partial charge < -0.3 is 4.57 Å². The molecule has 0 aliphatic carbocycles. The van der Waals surface area contributed by atoms with Gasteiger partial charge in [-0.2, -0.15) is 0 Å². The lowest BCUT2D eigenvalue weighted by molar-refractivity contribution is 1.19. The molecule has 0 N–H and O–H groups in total. The van der Waals surface area contributed by atoms with Crippen molar-refractivity contribution < 1.29 is 0 Å². The van der Waals surface area contributed by atoms with Gasteiger partial charge in [0.05, 0.1) is 15.7 Å². The number of rotatable bonds is 3. The van der Waals surface area contributed by atoms with Gasteiger partial charge in [-0.1, -0.05) is 97.1 Å². The minimum Gasteiger partial charge on any atom is -0.308 e. The van der Waals surface area contributed by atoms with Crippen LogP contribution in [0.4, 0.5) is 0 Å².